The van der Waals surface area contributed by atoms with Crippen LogP contribution in [0, 0.1) is 6.92 Å². The smallest absolute Gasteiger partial charge is 0.180 e. The third kappa shape index (κ3) is 2.99. The van der Waals surface area contributed by atoms with Gasteiger partial charge in [-0.25, -0.2) is 4.98 Å². The number of rotatable bonds is 2. The second-order valence-corrected chi connectivity index (χ2v) is 6.82. The van der Waals surface area contributed by atoms with Crippen LogP contribution in [0.1, 0.15) is 5.01 Å². The standard InChI is InChI=1S/C8H5Br2N3S2/c1-4-12-13-8(14-4)15-7-6(10)2-5(9)3-11-7/h2-3H,1H3. The van der Waals surface area contributed by atoms with Crippen molar-refractivity contribution < 1.29 is 0 Å². The number of nitrogens with zero attached hydrogens (tertiary/aromatic N) is 3. The predicted octanol–water partition coefficient (Wildman–Crippen LogP) is 3.92. The van der Waals surface area contributed by atoms with E-state index in [0.717, 1.165) is 23.3 Å². The first-order chi connectivity index (χ1) is 7.15. The number of aromatic nitrogens is 3. The highest BCUT2D eigenvalue weighted by Crippen LogP contribution is 2.34. The molecule has 0 amide bonds. The fourth-order valence-electron chi connectivity index (χ4n) is 0.879. The molecule has 0 aliphatic heterocycles. The first kappa shape index (κ1) is 11.5. The van der Waals surface area contributed by atoms with Gasteiger partial charge in [0, 0.05) is 10.7 Å². The number of hydrogen-bond acceptors (Lipinski definition) is 5. The Bertz CT molecular complexity index is 486. The number of halogens is 2. The van der Waals surface area contributed by atoms with Gasteiger partial charge in [0.1, 0.15) is 10.0 Å². The lowest BCUT2D eigenvalue weighted by Crippen LogP contribution is -1.81. The van der Waals surface area contributed by atoms with Crippen LogP contribution in [0.15, 0.2) is 30.6 Å². The van der Waals surface area contributed by atoms with E-state index in [9.17, 15) is 0 Å². The highest BCUT2D eigenvalue weighted by Gasteiger charge is 2.08. The highest BCUT2D eigenvalue weighted by molar-refractivity contribution is 9.11. The van der Waals surface area contributed by atoms with E-state index < -0.39 is 0 Å². The lowest BCUT2D eigenvalue weighted by atomic mass is 10.5. The third-order valence-corrected chi connectivity index (χ3v) is 4.67. The van der Waals surface area contributed by atoms with Gasteiger partial charge in [-0.05, 0) is 56.6 Å². The number of aryl methyl sites for hydroxylation is 1. The van der Waals surface area contributed by atoms with E-state index in [0.29, 0.717) is 0 Å². The SMILES string of the molecule is Cc1nnc(Sc2ncc(Br)cc2Br)s1. The van der Waals surface area contributed by atoms with Gasteiger partial charge < -0.3 is 0 Å². The largest absolute Gasteiger partial charge is 0.247 e. The van der Waals surface area contributed by atoms with Gasteiger partial charge >= 0.3 is 0 Å². The van der Waals surface area contributed by atoms with Gasteiger partial charge in [0.25, 0.3) is 0 Å². The van der Waals surface area contributed by atoms with Crippen LogP contribution in [0.4, 0.5) is 0 Å². The molecule has 7 heteroatoms. The van der Waals surface area contributed by atoms with E-state index in [-0.39, 0.29) is 0 Å². The zero-order valence-corrected chi connectivity index (χ0v) is 12.4. The zero-order valence-electron chi connectivity index (χ0n) is 7.57. The molecular weight excluding hydrogens is 362 g/mol. The van der Waals surface area contributed by atoms with Crippen molar-refractivity contribution in [3.05, 3.63) is 26.2 Å². The molecule has 0 unspecified atom stereocenters. The second kappa shape index (κ2) is 4.90. The Hall–Kier alpha value is 0.0200. The first-order valence-electron chi connectivity index (χ1n) is 3.94. The summed E-state index contributed by atoms with van der Waals surface area (Å²) in [6.45, 7) is 1.94. The Morgan fingerprint density at radius 3 is 2.73 bits per heavy atom. The molecule has 0 bridgehead atoms. The molecule has 2 aromatic heterocycles. The Balaban J connectivity index is 2.24. The fourth-order valence-corrected chi connectivity index (χ4v) is 3.80. The molecule has 78 valence electrons. The number of pyridine rings is 1. The summed E-state index contributed by atoms with van der Waals surface area (Å²) in [5.74, 6) is 0. The molecule has 0 saturated carbocycles. The monoisotopic (exact) mass is 365 g/mol. The molecule has 0 fully saturated rings. The lowest BCUT2D eigenvalue weighted by Gasteiger charge is -1.99. The van der Waals surface area contributed by atoms with Crippen molar-refractivity contribution >= 4 is 55.0 Å². The molecule has 15 heavy (non-hydrogen) atoms. The molecule has 2 heterocycles. The molecule has 0 aliphatic carbocycles. The van der Waals surface area contributed by atoms with E-state index in [1.807, 2.05) is 13.0 Å². The van der Waals surface area contributed by atoms with Gasteiger partial charge in [0.05, 0.1) is 4.47 Å². The summed E-state index contributed by atoms with van der Waals surface area (Å²) in [5.41, 5.74) is 0. The maximum atomic E-state index is 4.29. The molecule has 0 spiro atoms. The maximum Gasteiger partial charge on any atom is 0.180 e. The second-order valence-electron chi connectivity index (χ2n) is 2.63. The Morgan fingerprint density at radius 2 is 2.13 bits per heavy atom. The van der Waals surface area contributed by atoms with Crippen LogP contribution in [0.3, 0.4) is 0 Å². The summed E-state index contributed by atoms with van der Waals surface area (Å²) in [4.78, 5) is 4.29. The molecule has 0 aliphatic rings. The van der Waals surface area contributed by atoms with Crippen LogP contribution < -0.4 is 0 Å². The summed E-state index contributed by atoms with van der Waals surface area (Å²) >= 11 is 9.89. The van der Waals surface area contributed by atoms with Crippen LogP contribution in [-0.2, 0) is 0 Å². The normalized spacial score (nSPS) is 10.6. The van der Waals surface area contributed by atoms with Crippen LogP contribution in [0.5, 0.6) is 0 Å². The minimum Gasteiger partial charge on any atom is -0.247 e. The quantitative estimate of drug-likeness (QED) is 0.807. The average Bonchev–Trinajstić information content (AvgIpc) is 2.56. The average molecular weight is 367 g/mol. The number of hydrogen-bond donors (Lipinski definition) is 0. The molecule has 0 atom stereocenters. The fraction of sp³-hybridized carbons (Fsp3) is 0.125. The predicted molar refractivity (Wildman–Crippen MR) is 68.4 cm³/mol. The summed E-state index contributed by atoms with van der Waals surface area (Å²) in [7, 11) is 0. The Morgan fingerprint density at radius 1 is 1.33 bits per heavy atom. The van der Waals surface area contributed by atoms with Crippen molar-refractivity contribution in [1.82, 2.24) is 15.2 Å². The highest BCUT2D eigenvalue weighted by atomic mass is 79.9. The van der Waals surface area contributed by atoms with E-state index in [4.69, 9.17) is 0 Å². The maximum absolute atomic E-state index is 4.29. The van der Waals surface area contributed by atoms with Crippen molar-refractivity contribution in [2.45, 2.75) is 16.3 Å². The van der Waals surface area contributed by atoms with Crippen LogP contribution in [0.25, 0.3) is 0 Å². The van der Waals surface area contributed by atoms with Gasteiger partial charge in [0.2, 0.25) is 0 Å². The van der Waals surface area contributed by atoms with Crippen molar-refractivity contribution in [2.24, 2.45) is 0 Å². The minimum absolute atomic E-state index is 0.898. The van der Waals surface area contributed by atoms with Crippen LogP contribution in [-0.4, -0.2) is 15.2 Å². The molecule has 0 radical (unpaired) electrons. The molecule has 2 rings (SSSR count). The summed E-state index contributed by atoms with van der Waals surface area (Å²) in [6.07, 6.45) is 1.76. The van der Waals surface area contributed by atoms with Gasteiger partial charge in [-0.3, -0.25) is 0 Å². The molecule has 3 nitrogen and oxygen atoms in total. The molecule has 2 aromatic rings. The first-order valence-corrected chi connectivity index (χ1v) is 7.16. The van der Waals surface area contributed by atoms with Crippen molar-refractivity contribution in [3.63, 3.8) is 0 Å². The van der Waals surface area contributed by atoms with E-state index in [1.165, 1.54) is 11.8 Å². The molecule has 0 aromatic carbocycles. The van der Waals surface area contributed by atoms with Crippen LogP contribution in [0.2, 0.25) is 0 Å². The summed E-state index contributed by atoms with van der Waals surface area (Å²) in [6, 6.07) is 1.96. The van der Waals surface area contributed by atoms with Gasteiger partial charge in [-0.1, -0.05) is 11.3 Å². The van der Waals surface area contributed by atoms with Crippen molar-refractivity contribution in [2.75, 3.05) is 0 Å². The topological polar surface area (TPSA) is 38.7 Å². The third-order valence-electron chi connectivity index (χ3n) is 1.47. The van der Waals surface area contributed by atoms with Gasteiger partial charge in [-0.15, -0.1) is 10.2 Å². The van der Waals surface area contributed by atoms with Gasteiger partial charge in [-0.2, -0.15) is 0 Å². The van der Waals surface area contributed by atoms with Crippen molar-refractivity contribution in [3.8, 4) is 0 Å². The molecular formula is C8H5Br2N3S2. The summed E-state index contributed by atoms with van der Waals surface area (Å²) in [5, 5.41) is 9.85. The summed E-state index contributed by atoms with van der Waals surface area (Å²) < 4.78 is 2.81. The zero-order chi connectivity index (χ0) is 10.8. The minimum atomic E-state index is 0.898. The van der Waals surface area contributed by atoms with E-state index >= 15 is 0 Å². The lowest BCUT2D eigenvalue weighted by molar-refractivity contribution is 0.979. The van der Waals surface area contributed by atoms with E-state index in [1.54, 1.807) is 17.5 Å². The molecule has 0 saturated heterocycles. The Kier molecular flexibility index (Phi) is 3.76. The van der Waals surface area contributed by atoms with Gasteiger partial charge in [0.15, 0.2) is 4.34 Å². The molecule has 0 N–H and O–H groups in total. The van der Waals surface area contributed by atoms with Crippen molar-refractivity contribution in [1.29, 1.82) is 0 Å². The van der Waals surface area contributed by atoms with E-state index in [2.05, 4.69) is 47.0 Å². The Labute approximate surface area is 112 Å². The van der Waals surface area contributed by atoms with Crippen LogP contribution >= 0.6 is 55.0 Å².